The van der Waals surface area contributed by atoms with E-state index >= 15 is 0 Å². The van der Waals surface area contributed by atoms with Crippen molar-refractivity contribution in [1.82, 2.24) is 0 Å². The molecule has 1 aromatic carbocycles. The van der Waals surface area contributed by atoms with E-state index in [-0.39, 0.29) is 5.91 Å². The summed E-state index contributed by atoms with van der Waals surface area (Å²) in [5.41, 5.74) is 0.829. The van der Waals surface area contributed by atoms with E-state index in [2.05, 4.69) is 37.2 Å². The first kappa shape index (κ1) is 14.4. The lowest BCUT2D eigenvalue weighted by atomic mass is 10.3. The summed E-state index contributed by atoms with van der Waals surface area (Å²) in [6.45, 7) is 0. The van der Waals surface area contributed by atoms with Crippen molar-refractivity contribution >= 4 is 55.2 Å². The van der Waals surface area contributed by atoms with Gasteiger partial charge in [-0.2, -0.15) is 0 Å². The summed E-state index contributed by atoms with van der Waals surface area (Å²) < 4.78 is 1.89. The van der Waals surface area contributed by atoms with Crippen LogP contribution in [0.5, 0.6) is 0 Å². The molecule has 0 spiro atoms. The number of carbonyl (C=O) groups is 1. The summed E-state index contributed by atoms with van der Waals surface area (Å²) in [5.74, 6) is 0.627. The topological polar surface area (TPSA) is 29.1 Å². The van der Waals surface area contributed by atoms with Gasteiger partial charge in [-0.15, -0.1) is 11.8 Å². The molecule has 2 rings (SSSR count). The summed E-state index contributed by atoms with van der Waals surface area (Å²) in [6.07, 6.45) is 5.16. The van der Waals surface area contributed by atoms with Gasteiger partial charge < -0.3 is 5.32 Å². The second-order valence-corrected chi connectivity index (χ2v) is 7.45. The molecule has 0 aliphatic heterocycles. The minimum atomic E-state index is 0.0786. The fraction of sp³-hybridized carbons (Fsp3) is 0.462. The molecule has 1 saturated carbocycles. The summed E-state index contributed by atoms with van der Waals surface area (Å²) in [5, 5.41) is 3.62. The number of anilines is 1. The number of benzene rings is 1. The van der Waals surface area contributed by atoms with Crippen LogP contribution in [0.4, 0.5) is 5.69 Å². The molecule has 0 saturated heterocycles. The van der Waals surface area contributed by atoms with Gasteiger partial charge >= 0.3 is 0 Å². The quantitative estimate of drug-likeness (QED) is 0.795. The number of rotatable bonds is 4. The first-order chi connectivity index (χ1) is 8.65. The van der Waals surface area contributed by atoms with Crippen LogP contribution < -0.4 is 5.32 Å². The van der Waals surface area contributed by atoms with Crippen LogP contribution in [0.25, 0.3) is 0 Å². The van der Waals surface area contributed by atoms with Crippen molar-refractivity contribution < 1.29 is 4.79 Å². The predicted octanol–water partition coefficient (Wildman–Crippen LogP) is 4.83. The van der Waals surface area contributed by atoms with E-state index in [1.54, 1.807) is 11.8 Å². The van der Waals surface area contributed by atoms with Crippen LogP contribution in [0.2, 0.25) is 0 Å². The maximum absolute atomic E-state index is 11.8. The van der Waals surface area contributed by atoms with E-state index in [0.29, 0.717) is 11.0 Å². The van der Waals surface area contributed by atoms with Gasteiger partial charge in [-0.05, 0) is 47.0 Å². The number of halogens is 2. The molecule has 2 nitrogen and oxygen atoms in total. The second kappa shape index (κ2) is 6.96. The van der Waals surface area contributed by atoms with Gasteiger partial charge in [-0.1, -0.05) is 28.8 Å². The number of amides is 1. The molecule has 0 aromatic heterocycles. The molecular formula is C13H15Br2NOS. The van der Waals surface area contributed by atoms with Crippen LogP contribution in [0, 0.1) is 0 Å². The number of carbonyl (C=O) groups excluding carboxylic acids is 1. The molecule has 1 N–H and O–H groups in total. The van der Waals surface area contributed by atoms with Crippen molar-refractivity contribution in [3.63, 3.8) is 0 Å². The lowest BCUT2D eigenvalue weighted by Crippen LogP contribution is -2.16. The average Bonchev–Trinajstić information content (AvgIpc) is 2.83. The molecule has 1 aliphatic carbocycles. The Morgan fingerprint density at radius 2 is 2.06 bits per heavy atom. The van der Waals surface area contributed by atoms with Gasteiger partial charge in [0, 0.05) is 14.2 Å². The van der Waals surface area contributed by atoms with Gasteiger partial charge in [0.05, 0.1) is 11.4 Å². The molecule has 0 heterocycles. The SMILES string of the molecule is O=C(CSC1CCCC1)Nc1ccc(Br)cc1Br. The number of hydrogen-bond acceptors (Lipinski definition) is 2. The predicted molar refractivity (Wildman–Crippen MR) is 85.2 cm³/mol. The first-order valence-electron chi connectivity index (χ1n) is 6.01. The van der Waals surface area contributed by atoms with Crippen molar-refractivity contribution in [2.75, 3.05) is 11.1 Å². The van der Waals surface area contributed by atoms with Crippen molar-refractivity contribution in [3.05, 3.63) is 27.1 Å². The van der Waals surface area contributed by atoms with Crippen molar-refractivity contribution in [2.45, 2.75) is 30.9 Å². The average molecular weight is 393 g/mol. The maximum Gasteiger partial charge on any atom is 0.234 e. The summed E-state index contributed by atoms with van der Waals surface area (Å²) >= 11 is 8.62. The number of nitrogens with one attached hydrogen (secondary N) is 1. The van der Waals surface area contributed by atoms with E-state index in [9.17, 15) is 4.79 Å². The minimum absolute atomic E-state index is 0.0786. The highest BCUT2D eigenvalue weighted by Gasteiger charge is 2.16. The lowest BCUT2D eigenvalue weighted by molar-refractivity contribution is -0.113. The molecule has 1 amide bonds. The molecule has 0 bridgehead atoms. The zero-order chi connectivity index (χ0) is 13.0. The molecule has 1 aromatic rings. The highest BCUT2D eigenvalue weighted by molar-refractivity contribution is 9.11. The van der Waals surface area contributed by atoms with Gasteiger partial charge in [0.2, 0.25) is 5.91 Å². The van der Waals surface area contributed by atoms with Gasteiger partial charge in [0.15, 0.2) is 0 Å². The molecule has 0 unspecified atom stereocenters. The van der Waals surface area contributed by atoms with Gasteiger partial charge in [0.25, 0.3) is 0 Å². The maximum atomic E-state index is 11.8. The third-order valence-electron chi connectivity index (χ3n) is 2.96. The Hall–Kier alpha value is -0.000000000000000111. The molecule has 0 atom stereocenters. The minimum Gasteiger partial charge on any atom is -0.324 e. The van der Waals surface area contributed by atoms with E-state index in [4.69, 9.17) is 0 Å². The lowest BCUT2D eigenvalue weighted by Gasteiger charge is -2.10. The number of hydrogen-bond donors (Lipinski definition) is 1. The molecule has 0 radical (unpaired) electrons. The van der Waals surface area contributed by atoms with E-state index < -0.39 is 0 Å². The van der Waals surface area contributed by atoms with Crippen LogP contribution in [0.1, 0.15) is 25.7 Å². The Kier molecular flexibility index (Phi) is 5.57. The van der Waals surface area contributed by atoms with E-state index in [0.717, 1.165) is 14.6 Å². The molecule has 1 fully saturated rings. The Morgan fingerprint density at radius 3 is 2.72 bits per heavy atom. The monoisotopic (exact) mass is 391 g/mol. The smallest absolute Gasteiger partial charge is 0.234 e. The third kappa shape index (κ3) is 4.28. The van der Waals surface area contributed by atoms with Crippen LogP contribution in [0.3, 0.4) is 0 Å². The van der Waals surface area contributed by atoms with Crippen molar-refractivity contribution in [3.8, 4) is 0 Å². The second-order valence-electron chi connectivity index (χ2n) is 4.39. The van der Waals surface area contributed by atoms with Gasteiger partial charge in [0.1, 0.15) is 0 Å². The standard InChI is InChI=1S/C13H15Br2NOS/c14-9-5-6-12(11(15)7-9)16-13(17)8-18-10-3-1-2-4-10/h5-7,10H,1-4,8H2,(H,16,17). The van der Waals surface area contributed by atoms with Gasteiger partial charge in [-0.25, -0.2) is 0 Å². The summed E-state index contributed by atoms with van der Waals surface area (Å²) in [4.78, 5) is 11.8. The number of thioether (sulfide) groups is 1. The highest BCUT2D eigenvalue weighted by Crippen LogP contribution is 2.30. The third-order valence-corrected chi connectivity index (χ3v) is 5.48. The Bertz CT molecular complexity index is 433. The summed E-state index contributed by atoms with van der Waals surface area (Å²) in [7, 11) is 0. The molecular weight excluding hydrogens is 378 g/mol. The largest absolute Gasteiger partial charge is 0.324 e. The van der Waals surface area contributed by atoms with E-state index in [1.165, 1.54) is 25.7 Å². The van der Waals surface area contributed by atoms with Crippen LogP contribution in [0.15, 0.2) is 27.1 Å². The summed E-state index contributed by atoms with van der Waals surface area (Å²) in [6, 6.07) is 5.75. The Balaban J connectivity index is 1.82. The van der Waals surface area contributed by atoms with Crippen LogP contribution in [-0.4, -0.2) is 16.9 Å². The molecule has 98 valence electrons. The Labute approximate surface area is 129 Å². The van der Waals surface area contributed by atoms with Crippen molar-refractivity contribution in [1.29, 1.82) is 0 Å². The Morgan fingerprint density at radius 1 is 1.33 bits per heavy atom. The van der Waals surface area contributed by atoms with Crippen LogP contribution in [-0.2, 0) is 4.79 Å². The fourth-order valence-corrected chi connectivity index (χ4v) is 4.30. The zero-order valence-corrected chi connectivity index (χ0v) is 13.9. The van der Waals surface area contributed by atoms with Crippen LogP contribution >= 0.6 is 43.6 Å². The molecule has 1 aliphatic rings. The fourth-order valence-electron chi connectivity index (χ4n) is 2.03. The zero-order valence-electron chi connectivity index (χ0n) is 9.92. The molecule has 18 heavy (non-hydrogen) atoms. The highest BCUT2D eigenvalue weighted by atomic mass is 79.9. The van der Waals surface area contributed by atoms with Crippen molar-refractivity contribution in [2.24, 2.45) is 0 Å². The molecule has 5 heteroatoms. The van der Waals surface area contributed by atoms with Gasteiger partial charge in [-0.3, -0.25) is 4.79 Å². The van der Waals surface area contributed by atoms with E-state index in [1.807, 2.05) is 18.2 Å². The normalized spacial score (nSPS) is 15.9. The first-order valence-corrected chi connectivity index (χ1v) is 8.65.